The number of carbonyl (C=O) groups excluding carboxylic acids is 1. The van der Waals surface area contributed by atoms with Crippen molar-refractivity contribution in [2.45, 2.75) is 43.9 Å². The smallest absolute Gasteiger partial charge is 0.240 e. The van der Waals surface area contributed by atoms with Crippen molar-refractivity contribution in [1.29, 1.82) is 0 Å². The Hall–Kier alpha value is -0.610. The summed E-state index contributed by atoms with van der Waals surface area (Å²) in [7, 11) is 0. The zero-order chi connectivity index (χ0) is 10.4. The molecule has 2 saturated heterocycles. The molecule has 0 aromatic heterocycles. The second-order valence-corrected chi connectivity index (χ2v) is 5.17. The molecular formula is C11H18N2O2. The number of rotatable bonds is 1. The number of nitrogens with zero attached hydrogens (tertiary/aromatic N) is 1. The first-order valence-electron chi connectivity index (χ1n) is 5.96. The van der Waals surface area contributed by atoms with Gasteiger partial charge in [-0.1, -0.05) is 0 Å². The molecule has 2 heterocycles. The fourth-order valence-electron chi connectivity index (χ4n) is 3.30. The number of carbonyl (C=O) groups is 1. The molecule has 0 spiro atoms. The second-order valence-electron chi connectivity index (χ2n) is 5.17. The Morgan fingerprint density at radius 2 is 2.20 bits per heavy atom. The SMILES string of the molecule is O=C(C1CC(O)CN1)N1CC2CCC1C2. The van der Waals surface area contributed by atoms with Gasteiger partial charge in [-0.15, -0.1) is 0 Å². The van der Waals surface area contributed by atoms with Crippen LogP contribution in [0, 0.1) is 5.92 Å². The predicted molar refractivity (Wildman–Crippen MR) is 55.3 cm³/mol. The maximum absolute atomic E-state index is 12.1. The van der Waals surface area contributed by atoms with E-state index in [0.29, 0.717) is 19.0 Å². The summed E-state index contributed by atoms with van der Waals surface area (Å²) in [5.41, 5.74) is 0. The molecule has 15 heavy (non-hydrogen) atoms. The molecule has 1 aliphatic carbocycles. The van der Waals surface area contributed by atoms with Crippen molar-refractivity contribution >= 4 is 5.91 Å². The van der Waals surface area contributed by atoms with Crippen molar-refractivity contribution in [1.82, 2.24) is 10.2 Å². The summed E-state index contributed by atoms with van der Waals surface area (Å²) in [5.74, 6) is 0.976. The number of hydrogen-bond acceptors (Lipinski definition) is 3. The van der Waals surface area contributed by atoms with E-state index in [1.807, 2.05) is 4.90 Å². The number of amides is 1. The van der Waals surface area contributed by atoms with E-state index in [0.717, 1.165) is 12.5 Å². The summed E-state index contributed by atoms with van der Waals surface area (Å²) >= 11 is 0. The molecule has 4 unspecified atom stereocenters. The molecule has 3 rings (SSSR count). The minimum atomic E-state index is -0.334. The summed E-state index contributed by atoms with van der Waals surface area (Å²) in [6.45, 7) is 1.52. The van der Waals surface area contributed by atoms with Gasteiger partial charge in [0.05, 0.1) is 12.1 Å². The third kappa shape index (κ3) is 1.56. The number of aliphatic hydroxyl groups is 1. The largest absolute Gasteiger partial charge is 0.392 e. The molecule has 0 radical (unpaired) electrons. The van der Waals surface area contributed by atoms with E-state index in [1.165, 1.54) is 19.3 Å². The van der Waals surface area contributed by atoms with Crippen molar-refractivity contribution in [2.24, 2.45) is 5.92 Å². The van der Waals surface area contributed by atoms with E-state index >= 15 is 0 Å². The number of β-amino-alcohol motifs (C(OH)–C–C–N with tert-alkyl or cyclic N) is 1. The van der Waals surface area contributed by atoms with E-state index in [4.69, 9.17) is 0 Å². The van der Waals surface area contributed by atoms with Gasteiger partial charge in [-0.25, -0.2) is 0 Å². The summed E-state index contributed by atoms with van der Waals surface area (Å²) < 4.78 is 0. The molecule has 1 amide bonds. The minimum Gasteiger partial charge on any atom is -0.392 e. The number of fused-ring (bicyclic) bond motifs is 2. The maximum atomic E-state index is 12.1. The van der Waals surface area contributed by atoms with Gasteiger partial charge in [0.2, 0.25) is 5.91 Å². The molecule has 2 bridgehead atoms. The monoisotopic (exact) mass is 210 g/mol. The summed E-state index contributed by atoms with van der Waals surface area (Å²) in [6.07, 6.45) is 3.95. The van der Waals surface area contributed by atoms with Gasteiger partial charge in [0.1, 0.15) is 0 Å². The lowest BCUT2D eigenvalue weighted by molar-refractivity contribution is -0.134. The van der Waals surface area contributed by atoms with Gasteiger partial charge in [0, 0.05) is 19.1 Å². The molecule has 3 fully saturated rings. The van der Waals surface area contributed by atoms with Gasteiger partial charge >= 0.3 is 0 Å². The zero-order valence-electron chi connectivity index (χ0n) is 8.85. The second kappa shape index (κ2) is 3.46. The van der Waals surface area contributed by atoms with Gasteiger partial charge in [0.15, 0.2) is 0 Å². The molecule has 0 aromatic carbocycles. The van der Waals surface area contributed by atoms with Crippen LogP contribution in [0.1, 0.15) is 25.7 Å². The molecule has 4 atom stereocenters. The van der Waals surface area contributed by atoms with Crippen LogP contribution in [0.15, 0.2) is 0 Å². The van der Waals surface area contributed by atoms with Crippen LogP contribution in [0.2, 0.25) is 0 Å². The number of piperidine rings is 1. The molecule has 4 heteroatoms. The quantitative estimate of drug-likeness (QED) is 0.626. The van der Waals surface area contributed by atoms with Gasteiger partial charge in [-0.3, -0.25) is 4.79 Å². The van der Waals surface area contributed by atoms with Crippen LogP contribution in [-0.4, -0.2) is 47.2 Å². The first-order chi connectivity index (χ1) is 7.24. The fourth-order valence-corrected chi connectivity index (χ4v) is 3.30. The molecule has 1 saturated carbocycles. The number of hydrogen-bond donors (Lipinski definition) is 2. The van der Waals surface area contributed by atoms with Crippen molar-refractivity contribution in [3.63, 3.8) is 0 Å². The highest BCUT2D eigenvalue weighted by atomic mass is 16.3. The Morgan fingerprint density at radius 1 is 1.33 bits per heavy atom. The maximum Gasteiger partial charge on any atom is 0.240 e. The Labute approximate surface area is 89.6 Å². The summed E-state index contributed by atoms with van der Waals surface area (Å²) in [5, 5.41) is 12.5. The standard InChI is InChI=1S/C11H18N2O2/c14-9-4-10(12-5-9)11(15)13-6-7-1-2-8(13)3-7/h7-10,12,14H,1-6H2. The number of nitrogens with one attached hydrogen (secondary N) is 1. The van der Waals surface area contributed by atoms with E-state index in [2.05, 4.69) is 5.32 Å². The predicted octanol–water partition coefficient (Wildman–Crippen LogP) is -0.280. The van der Waals surface area contributed by atoms with E-state index in [9.17, 15) is 9.90 Å². The lowest BCUT2D eigenvalue weighted by Gasteiger charge is -2.29. The van der Waals surface area contributed by atoms with Gasteiger partial charge in [0.25, 0.3) is 0 Å². The molecule has 2 N–H and O–H groups in total. The van der Waals surface area contributed by atoms with Crippen LogP contribution < -0.4 is 5.32 Å². The van der Waals surface area contributed by atoms with E-state index in [-0.39, 0.29) is 18.1 Å². The molecule has 0 aromatic rings. The Morgan fingerprint density at radius 3 is 2.73 bits per heavy atom. The molecule has 84 valence electrons. The van der Waals surface area contributed by atoms with Gasteiger partial charge < -0.3 is 15.3 Å². The van der Waals surface area contributed by atoms with Crippen molar-refractivity contribution in [3.05, 3.63) is 0 Å². The Kier molecular flexibility index (Phi) is 2.21. The van der Waals surface area contributed by atoms with Crippen LogP contribution in [0.5, 0.6) is 0 Å². The molecule has 2 aliphatic heterocycles. The van der Waals surface area contributed by atoms with Crippen LogP contribution >= 0.6 is 0 Å². The van der Waals surface area contributed by atoms with Crippen molar-refractivity contribution < 1.29 is 9.90 Å². The Bertz CT molecular complexity index is 282. The van der Waals surface area contributed by atoms with Crippen molar-refractivity contribution in [2.75, 3.05) is 13.1 Å². The van der Waals surface area contributed by atoms with Crippen LogP contribution in [-0.2, 0) is 4.79 Å². The highest BCUT2D eigenvalue weighted by Crippen LogP contribution is 2.37. The van der Waals surface area contributed by atoms with Gasteiger partial charge in [-0.2, -0.15) is 0 Å². The van der Waals surface area contributed by atoms with Crippen LogP contribution in [0.25, 0.3) is 0 Å². The number of likely N-dealkylation sites (tertiary alicyclic amines) is 1. The average molecular weight is 210 g/mol. The average Bonchev–Trinajstić information content (AvgIpc) is 2.90. The molecule has 3 aliphatic rings. The van der Waals surface area contributed by atoms with Crippen LogP contribution in [0.3, 0.4) is 0 Å². The minimum absolute atomic E-state index is 0.126. The highest BCUT2D eigenvalue weighted by Gasteiger charge is 2.43. The zero-order valence-corrected chi connectivity index (χ0v) is 8.85. The summed E-state index contributed by atoms with van der Waals surface area (Å²) in [6, 6.07) is 0.376. The van der Waals surface area contributed by atoms with Gasteiger partial charge in [-0.05, 0) is 31.6 Å². The first-order valence-corrected chi connectivity index (χ1v) is 5.96. The van der Waals surface area contributed by atoms with E-state index in [1.54, 1.807) is 0 Å². The Balaban J connectivity index is 1.65. The third-order valence-electron chi connectivity index (χ3n) is 4.10. The first kappa shape index (κ1) is 9.60. The lowest BCUT2D eigenvalue weighted by atomic mass is 10.1. The highest BCUT2D eigenvalue weighted by molar-refractivity contribution is 5.83. The fraction of sp³-hybridized carbons (Fsp3) is 0.909. The molecule has 4 nitrogen and oxygen atoms in total. The third-order valence-corrected chi connectivity index (χ3v) is 4.10. The topological polar surface area (TPSA) is 52.6 Å². The summed E-state index contributed by atoms with van der Waals surface area (Å²) in [4.78, 5) is 14.2. The van der Waals surface area contributed by atoms with Crippen LogP contribution in [0.4, 0.5) is 0 Å². The molecular weight excluding hydrogens is 192 g/mol. The number of aliphatic hydroxyl groups excluding tert-OH is 1. The van der Waals surface area contributed by atoms with E-state index < -0.39 is 0 Å². The van der Waals surface area contributed by atoms with Crippen molar-refractivity contribution in [3.8, 4) is 0 Å². The normalized spacial score (nSPS) is 43.9. The lowest BCUT2D eigenvalue weighted by Crippen LogP contribution is -2.46.